The Morgan fingerprint density at radius 1 is 1.38 bits per heavy atom. The van der Waals surface area contributed by atoms with Gasteiger partial charge >= 0.3 is 0 Å². The van der Waals surface area contributed by atoms with E-state index in [9.17, 15) is 4.79 Å². The molecule has 0 saturated heterocycles. The maximum atomic E-state index is 11.4. The normalized spacial score (nSPS) is 18.6. The molecule has 1 rings (SSSR count). The highest BCUT2D eigenvalue weighted by Gasteiger charge is 2.33. The van der Waals surface area contributed by atoms with Crippen molar-refractivity contribution < 1.29 is 9.53 Å². The predicted octanol–water partition coefficient (Wildman–Crippen LogP) is 0.919. The lowest BCUT2D eigenvalue weighted by Gasteiger charge is -2.29. The van der Waals surface area contributed by atoms with Crippen LogP contribution in [0.1, 0.15) is 32.1 Å². The van der Waals surface area contributed by atoms with Gasteiger partial charge < -0.3 is 15.4 Å². The van der Waals surface area contributed by atoms with Crippen molar-refractivity contribution in [3.8, 4) is 0 Å². The average molecular weight is 228 g/mol. The van der Waals surface area contributed by atoms with Gasteiger partial charge in [0.05, 0.1) is 6.54 Å². The van der Waals surface area contributed by atoms with Crippen LogP contribution in [0, 0.1) is 5.41 Å². The van der Waals surface area contributed by atoms with E-state index in [1.54, 1.807) is 14.2 Å². The van der Waals surface area contributed by atoms with Gasteiger partial charge in [0, 0.05) is 20.3 Å². The van der Waals surface area contributed by atoms with Gasteiger partial charge in [0.1, 0.15) is 0 Å². The molecule has 4 nitrogen and oxygen atoms in total. The number of ether oxygens (including phenoxy) is 1. The summed E-state index contributed by atoms with van der Waals surface area (Å²) in [5, 5.41) is 5.88. The molecule has 1 fully saturated rings. The first-order valence-electron chi connectivity index (χ1n) is 6.13. The number of carbonyl (C=O) groups is 1. The van der Waals surface area contributed by atoms with Crippen molar-refractivity contribution in [2.24, 2.45) is 5.41 Å². The molecule has 2 N–H and O–H groups in total. The van der Waals surface area contributed by atoms with E-state index in [0.717, 1.165) is 19.6 Å². The van der Waals surface area contributed by atoms with Crippen LogP contribution < -0.4 is 10.6 Å². The molecular formula is C12H24N2O2. The van der Waals surface area contributed by atoms with Gasteiger partial charge in [0.25, 0.3) is 0 Å². The Balaban J connectivity index is 2.35. The molecule has 0 aromatic carbocycles. The first kappa shape index (κ1) is 13.5. The highest BCUT2D eigenvalue weighted by molar-refractivity contribution is 5.77. The second-order valence-electron chi connectivity index (χ2n) is 4.76. The third-order valence-electron chi connectivity index (χ3n) is 3.50. The Morgan fingerprint density at radius 2 is 2.06 bits per heavy atom. The zero-order valence-corrected chi connectivity index (χ0v) is 10.5. The molecule has 1 saturated carbocycles. The van der Waals surface area contributed by atoms with Crippen molar-refractivity contribution in [2.75, 3.05) is 33.9 Å². The third kappa shape index (κ3) is 4.10. The summed E-state index contributed by atoms with van der Waals surface area (Å²) in [5.41, 5.74) is 0.291. The van der Waals surface area contributed by atoms with Crippen LogP contribution in [-0.2, 0) is 9.53 Å². The quantitative estimate of drug-likeness (QED) is 0.681. The molecule has 0 aromatic heterocycles. The molecule has 0 atom stereocenters. The van der Waals surface area contributed by atoms with Gasteiger partial charge in [-0.15, -0.1) is 0 Å². The summed E-state index contributed by atoms with van der Waals surface area (Å²) in [6, 6.07) is 0. The summed E-state index contributed by atoms with van der Waals surface area (Å²) in [6.45, 7) is 2.00. The van der Waals surface area contributed by atoms with Gasteiger partial charge in [-0.25, -0.2) is 0 Å². The van der Waals surface area contributed by atoms with Crippen molar-refractivity contribution in [3.05, 3.63) is 0 Å². The largest absolute Gasteiger partial charge is 0.385 e. The summed E-state index contributed by atoms with van der Waals surface area (Å²) in [6.07, 6.45) is 6.06. The van der Waals surface area contributed by atoms with Gasteiger partial charge in [0.2, 0.25) is 5.91 Å². The van der Waals surface area contributed by atoms with Crippen LogP contribution in [0.15, 0.2) is 0 Å². The molecule has 0 heterocycles. The SMILES string of the molecule is CNCC(=O)NCC1(CCOC)CCCC1. The summed E-state index contributed by atoms with van der Waals surface area (Å²) in [7, 11) is 3.53. The number of hydrogen-bond acceptors (Lipinski definition) is 3. The molecule has 0 aliphatic heterocycles. The van der Waals surface area contributed by atoms with E-state index < -0.39 is 0 Å². The Labute approximate surface area is 98.1 Å². The van der Waals surface area contributed by atoms with E-state index in [1.807, 2.05) is 0 Å². The maximum absolute atomic E-state index is 11.4. The van der Waals surface area contributed by atoms with E-state index >= 15 is 0 Å². The van der Waals surface area contributed by atoms with E-state index in [-0.39, 0.29) is 5.91 Å². The van der Waals surface area contributed by atoms with Gasteiger partial charge in [-0.1, -0.05) is 12.8 Å². The highest BCUT2D eigenvalue weighted by Crippen LogP contribution is 2.40. The average Bonchev–Trinajstić information content (AvgIpc) is 2.74. The molecule has 0 radical (unpaired) electrons. The number of hydrogen-bond donors (Lipinski definition) is 2. The van der Waals surface area contributed by atoms with Crippen molar-refractivity contribution in [3.63, 3.8) is 0 Å². The maximum Gasteiger partial charge on any atom is 0.233 e. The fourth-order valence-electron chi connectivity index (χ4n) is 2.47. The van der Waals surface area contributed by atoms with Gasteiger partial charge in [0.15, 0.2) is 0 Å². The van der Waals surface area contributed by atoms with Crippen LogP contribution in [0.25, 0.3) is 0 Å². The van der Waals surface area contributed by atoms with Gasteiger partial charge in [-0.05, 0) is 31.7 Å². The second kappa shape index (κ2) is 6.86. The minimum absolute atomic E-state index is 0.0891. The molecular weight excluding hydrogens is 204 g/mol. The first-order chi connectivity index (χ1) is 7.72. The number of carbonyl (C=O) groups excluding carboxylic acids is 1. The van der Waals surface area contributed by atoms with Gasteiger partial charge in [-0.2, -0.15) is 0 Å². The van der Waals surface area contributed by atoms with Crippen molar-refractivity contribution in [1.82, 2.24) is 10.6 Å². The monoisotopic (exact) mass is 228 g/mol. The Morgan fingerprint density at radius 3 is 2.62 bits per heavy atom. The lowest BCUT2D eigenvalue weighted by molar-refractivity contribution is -0.120. The van der Waals surface area contributed by atoms with Crippen molar-refractivity contribution in [1.29, 1.82) is 0 Å². The molecule has 1 aliphatic rings. The number of likely N-dealkylation sites (N-methyl/N-ethyl adjacent to an activating group) is 1. The summed E-state index contributed by atoms with van der Waals surface area (Å²) in [5.74, 6) is 0.0891. The second-order valence-corrected chi connectivity index (χ2v) is 4.76. The van der Waals surface area contributed by atoms with Crippen LogP contribution >= 0.6 is 0 Å². The van der Waals surface area contributed by atoms with Crippen molar-refractivity contribution in [2.45, 2.75) is 32.1 Å². The Hall–Kier alpha value is -0.610. The van der Waals surface area contributed by atoms with Crippen LogP contribution in [0.5, 0.6) is 0 Å². The van der Waals surface area contributed by atoms with Crippen LogP contribution in [0.3, 0.4) is 0 Å². The molecule has 1 amide bonds. The summed E-state index contributed by atoms with van der Waals surface area (Å²) < 4.78 is 5.16. The summed E-state index contributed by atoms with van der Waals surface area (Å²) in [4.78, 5) is 11.4. The molecule has 1 aliphatic carbocycles. The molecule has 0 bridgehead atoms. The third-order valence-corrected chi connectivity index (χ3v) is 3.50. The lowest BCUT2D eigenvalue weighted by Crippen LogP contribution is -2.40. The molecule has 94 valence electrons. The minimum atomic E-state index is 0.0891. The molecule has 16 heavy (non-hydrogen) atoms. The molecule has 0 unspecified atom stereocenters. The lowest BCUT2D eigenvalue weighted by atomic mass is 9.83. The minimum Gasteiger partial charge on any atom is -0.385 e. The van der Waals surface area contributed by atoms with Crippen LogP contribution in [0.2, 0.25) is 0 Å². The molecule has 4 heteroatoms. The molecule has 0 aromatic rings. The number of amides is 1. The number of methoxy groups -OCH3 is 1. The predicted molar refractivity (Wildman–Crippen MR) is 64.3 cm³/mol. The Bertz CT molecular complexity index is 213. The van der Waals surface area contributed by atoms with Gasteiger partial charge in [-0.3, -0.25) is 4.79 Å². The van der Waals surface area contributed by atoms with Crippen molar-refractivity contribution >= 4 is 5.91 Å². The van der Waals surface area contributed by atoms with E-state index in [1.165, 1.54) is 25.7 Å². The number of nitrogens with one attached hydrogen (secondary N) is 2. The molecule has 0 spiro atoms. The van der Waals surface area contributed by atoms with E-state index in [4.69, 9.17) is 4.74 Å². The highest BCUT2D eigenvalue weighted by atomic mass is 16.5. The number of rotatable bonds is 7. The van der Waals surface area contributed by atoms with Crippen LogP contribution in [0.4, 0.5) is 0 Å². The van der Waals surface area contributed by atoms with Crippen LogP contribution in [-0.4, -0.2) is 39.8 Å². The summed E-state index contributed by atoms with van der Waals surface area (Å²) >= 11 is 0. The fraction of sp³-hybridized carbons (Fsp3) is 0.917. The first-order valence-corrected chi connectivity index (χ1v) is 6.13. The smallest absolute Gasteiger partial charge is 0.233 e. The van der Waals surface area contributed by atoms with E-state index in [0.29, 0.717) is 12.0 Å². The zero-order valence-electron chi connectivity index (χ0n) is 10.5. The fourth-order valence-corrected chi connectivity index (χ4v) is 2.47. The van der Waals surface area contributed by atoms with E-state index in [2.05, 4.69) is 10.6 Å². The topological polar surface area (TPSA) is 50.4 Å². The zero-order chi connectivity index (χ0) is 11.9. The Kier molecular flexibility index (Phi) is 5.77. The standard InChI is InChI=1S/C12H24N2O2/c1-13-9-11(15)14-10-12(7-8-16-2)5-3-4-6-12/h13H,3-10H2,1-2H3,(H,14,15).